The van der Waals surface area contributed by atoms with Crippen LogP contribution in [0, 0.1) is 27.7 Å². The van der Waals surface area contributed by atoms with Crippen LogP contribution in [0.1, 0.15) is 43.4 Å². The van der Waals surface area contributed by atoms with Crippen molar-refractivity contribution in [2.45, 2.75) is 40.9 Å². The molecule has 1 N–H and O–H groups in total. The van der Waals surface area contributed by atoms with Gasteiger partial charge in [-0.2, -0.15) is 0 Å². The van der Waals surface area contributed by atoms with Crippen molar-refractivity contribution in [3.05, 3.63) is 152 Å². The summed E-state index contributed by atoms with van der Waals surface area (Å²) in [6.07, 6.45) is 5.73. The standard InChI is InChI=1S/C25H24BrNO4S.C22H21NO4S/c1-16-5-7-20(8-6-16)25-27-18(3)23(32-25)15-30-21-11-9-19(10-12-24(28)29-4)22(13-21)31-14-17(2)26;1-14-4-6-17(7-5-14)22-23-15(2)20(28-22)13-27-18-10-8-16(19(24)12-18)9-11-21(25)26-3/h5-13H,2,14-15H2,1,3-4H3;4-12,24H,13H2,1-3H3/b12-10+;11-9+. The molecule has 0 aliphatic carbocycles. The third-order valence-electron chi connectivity index (χ3n) is 8.69. The number of thiazole rings is 2. The maximum Gasteiger partial charge on any atom is 0.330 e. The average Bonchev–Trinajstić information content (AvgIpc) is 3.81. The number of aromatic nitrogens is 2. The van der Waals surface area contributed by atoms with E-state index < -0.39 is 11.9 Å². The predicted molar refractivity (Wildman–Crippen MR) is 243 cm³/mol. The molecule has 2 aromatic heterocycles. The third-order valence-corrected chi connectivity index (χ3v) is 11.3. The summed E-state index contributed by atoms with van der Waals surface area (Å²) in [4.78, 5) is 34.0. The van der Waals surface area contributed by atoms with Gasteiger partial charge in [-0.25, -0.2) is 19.6 Å². The van der Waals surface area contributed by atoms with E-state index in [0.29, 0.717) is 40.5 Å². The second kappa shape index (κ2) is 21.8. The number of hydrogen-bond acceptors (Lipinski definition) is 12. The Labute approximate surface area is 366 Å². The van der Waals surface area contributed by atoms with Gasteiger partial charge < -0.3 is 28.8 Å². The molecule has 4 aromatic carbocycles. The maximum atomic E-state index is 11.4. The van der Waals surface area contributed by atoms with E-state index in [1.807, 2.05) is 26.0 Å². The highest BCUT2D eigenvalue weighted by atomic mass is 79.9. The van der Waals surface area contributed by atoms with E-state index in [1.54, 1.807) is 46.9 Å². The van der Waals surface area contributed by atoms with Gasteiger partial charge in [0.25, 0.3) is 0 Å². The largest absolute Gasteiger partial charge is 0.507 e. The molecule has 6 aromatic rings. The molecule has 0 aliphatic heterocycles. The monoisotopic (exact) mass is 908 g/mol. The van der Waals surface area contributed by atoms with Crippen molar-refractivity contribution >= 4 is 62.7 Å². The Morgan fingerprint density at radius 2 is 1.12 bits per heavy atom. The van der Waals surface area contributed by atoms with Crippen molar-refractivity contribution in [1.82, 2.24) is 9.97 Å². The number of methoxy groups -OCH3 is 2. The maximum absolute atomic E-state index is 11.4. The fourth-order valence-electron chi connectivity index (χ4n) is 5.29. The van der Waals surface area contributed by atoms with E-state index in [-0.39, 0.29) is 12.4 Å². The van der Waals surface area contributed by atoms with Crippen LogP contribution < -0.4 is 14.2 Å². The zero-order valence-electron chi connectivity index (χ0n) is 34.1. The third kappa shape index (κ3) is 13.2. The highest BCUT2D eigenvalue weighted by Crippen LogP contribution is 2.33. The topological polar surface area (TPSA) is 126 Å². The second-order valence-electron chi connectivity index (χ2n) is 13.3. The lowest BCUT2D eigenvalue weighted by Crippen LogP contribution is -2.00. The van der Waals surface area contributed by atoms with Crippen LogP contribution in [-0.4, -0.2) is 47.8 Å². The number of hydrogen-bond donors (Lipinski definition) is 1. The summed E-state index contributed by atoms with van der Waals surface area (Å²) >= 11 is 6.52. The molecule has 0 radical (unpaired) electrons. The van der Waals surface area contributed by atoms with Crippen LogP contribution in [0.2, 0.25) is 0 Å². The van der Waals surface area contributed by atoms with Gasteiger partial charge in [0.1, 0.15) is 52.8 Å². The molecule has 0 spiro atoms. The lowest BCUT2D eigenvalue weighted by Gasteiger charge is -2.12. The van der Waals surface area contributed by atoms with E-state index in [4.69, 9.17) is 19.2 Å². The van der Waals surface area contributed by atoms with E-state index in [9.17, 15) is 14.7 Å². The van der Waals surface area contributed by atoms with Crippen LogP contribution in [0.5, 0.6) is 23.0 Å². The quantitative estimate of drug-likeness (QED) is 0.0786. The molecule has 0 fully saturated rings. The summed E-state index contributed by atoms with van der Waals surface area (Å²) in [6.45, 7) is 12.9. The number of carbonyl (C=O) groups excluding carboxylic acids is 2. The zero-order valence-corrected chi connectivity index (χ0v) is 37.3. The molecule has 0 saturated carbocycles. The summed E-state index contributed by atoms with van der Waals surface area (Å²) in [6, 6.07) is 27.0. The Morgan fingerprint density at radius 3 is 1.57 bits per heavy atom. The van der Waals surface area contributed by atoms with Gasteiger partial charge in [0.15, 0.2) is 0 Å². The lowest BCUT2D eigenvalue weighted by atomic mass is 10.1. The number of aryl methyl sites for hydroxylation is 4. The Bertz CT molecular complexity index is 2490. The first-order valence-electron chi connectivity index (χ1n) is 18.6. The number of halogens is 1. The molecule has 0 amide bonds. The zero-order chi connectivity index (χ0) is 43.2. The van der Waals surface area contributed by atoms with Crippen LogP contribution >= 0.6 is 38.6 Å². The number of rotatable bonds is 15. The highest BCUT2D eigenvalue weighted by molar-refractivity contribution is 9.11. The number of ether oxygens (including phenoxy) is 5. The number of carbonyl (C=O) groups is 2. The van der Waals surface area contributed by atoms with Crippen molar-refractivity contribution < 1.29 is 38.4 Å². The molecular weight excluding hydrogens is 865 g/mol. The molecule has 10 nitrogen and oxygen atoms in total. The first-order valence-corrected chi connectivity index (χ1v) is 21.0. The Balaban J connectivity index is 0.000000230. The van der Waals surface area contributed by atoms with Gasteiger partial charge in [-0.05, 0) is 64.1 Å². The number of benzene rings is 4. The molecule has 310 valence electrons. The molecule has 60 heavy (non-hydrogen) atoms. The van der Waals surface area contributed by atoms with Gasteiger partial charge in [-0.15, -0.1) is 22.7 Å². The van der Waals surface area contributed by atoms with Gasteiger partial charge in [0.05, 0.1) is 35.4 Å². The normalized spacial score (nSPS) is 10.9. The minimum absolute atomic E-state index is 0.0269. The van der Waals surface area contributed by atoms with Crippen molar-refractivity contribution in [2.24, 2.45) is 0 Å². The van der Waals surface area contributed by atoms with Crippen molar-refractivity contribution in [2.75, 3.05) is 20.8 Å². The molecule has 0 unspecified atom stereocenters. The van der Waals surface area contributed by atoms with Gasteiger partial charge >= 0.3 is 11.9 Å². The lowest BCUT2D eigenvalue weighted by molar-refractivity contribution is -0.135. The van der Waals surface area contributed by atoms with Gasteiger partial charge in [0, 0.05) is 51.0 Å². The number of aromatic hydroxyl groups is 1. The number of phenolic OH excluding ortho intramolecular Hbond substituents is 1. The molecule has 2 heterocycles. The van der Waals surface area contributed by atoms with Crippen molar-refractivity contribution in [1.29, 1.82) is 0 Å². The average molecular weight is 910 g/mol. The minimum atomic E-state index is -0.482. The van der Waals surface area contributed by atoms with Gasteiger partial charge in [-0.3, -0.25) is 0 Å². The fraction of sp³-hybridized carbons (Fsp3) is 0.191. The van der Waals surface area contributed by atoms with Gasteiger partial charge in [0.2, 0.25) is 0 Å². The van der Waals surface area contributed by atoms with Gasteiger partial charge in [-0.1, -0.05) is 82.2 Å². The van der Waals surface area contributed by atoms with Crippen molar-refractivity contribution in [3.63, 3.8) is 0 Å². The van der Waals surface area contributed by atoms with E-state index in [0.717, 1.165) is 47.8 Å². The summed E-state index contributed by atoms with van der Waals surface area (Å²) in [7, 11) is 2.64. The van der Waals surface area contributed by atoms with Crippen LogP contribution in [0.15, 0.2) is 108 Å². The van der Waals surface area contributed by atoms with Crippen LogP contribution in [0.25, 0.3) is 33.3 Å². The van der Waals surface area contributed by atoms with Crippen LogP contribution in [0.4, 0.5) is 0 Å². The molecule has 0 aliphatic rings. The Kier molecular flexibility index (Phi) is 16.4. The minimum Gasteiger partial charge on any atom is -0.507 e. The van der Waals surface area contributed by atoms with Crippen LogP contribution in [0.3, 0.4) is 0 Å². The predicted octanol–water partition coefficient (Wildman–Crippen LogP) is 11.4. The first-order chi connectivity index (χ1) is 28.8. The fourth-order valence-corrected chi connectivity index (χ4v) is 7.37. The number of phenols is 1. The summed E-state index contributed by atoms with van der Waals surface area (Å²) in [5, 5.41) is 12.0. The molecule has 0 bridgehead atoms. The van der Waals surface area contributed by atoms with E-state index in [1.165, 1.54) is 49.6 Å². The first kappa shape index (κ1) is 45.1. The summed E-state index contributed by atoms with van der Waals surface area (Å²) in [5.74, 6) is 0.872. The smallest absolute Gasteiger partial charge is 0.330 e. The number of nitrogens with zero attached hydrogens (tertiary/aromatic N) is 2. The summed E-state index contributed by atoms with van der Waals surface area (Å²) < 4.78 is 27.6. The molecule has 0 saturated heterocycles. The van der Waals surface area contributed by atoms with Crippen LogP contribution in [-0.2, 0) is 32.3 Å². The second-order valence-corrected chi connectivity index (χ2v) is 16.6. The SMILES string of the molecule is C=C(Br)COc1cc(OCc2sc(-c3ccc(C)cc3)nc2C)ccc1/C=C/C(=O)OC.COC(=O)/C=C/c1ccc(OCc2sc(-c3ccc(C)cc3)nc2C)cc1O. The number of esters is 2. The molecule has 13 heteroatoms. The van der Waals surface area contributed by atoms with E-state index >= 15 is 0 Å². The molecule has 0 atom stereocenters. The Morgan fingerprint density at radius 1 is 0.667 bits per heavy atom. The summed E-state index contributed by atoms with van der Waals surface area (Å²) in [5.41, 5.74) is 7.74. The van der Waals surface area contributed by atoms with Crippen molar-refractivity contribution in [3.8, 4) is 44.1 Å². The Hall–Kier alpha value is -6.02. The highest BCUT2D eigenvalue weighted by Gasteiger charge is 2.13. The van der Waals surface area contributed by atoms with E-state index in [2.05, 4.69) is 99.3 Å². The molecular formula is C47H45BrN2O8S2. The molecule has 6 rings (SSSR count).